The van der Waals surface area contributed by atoms with Gasteiger partial charge in [0.05, 0.1) is 20.8 Å². The minimum absolute atomic E-state index is 0.871. The summed E-state index contributed by atoms with van der Waals surface area (Å²) in [5.74, 6) is 2.20. The number of unbranched alkanes of at least 4 members (excludes halogenated alkanes) is 6. The molecule has 0 saturated carbocycles. The monoisotopic (exact) mass is 568 g/mol. The van der Waals surface area contributed by atoms with Crippen molar-refractivity contribution in [2.45, 2.75) is 78.1 Å². The molecule has 0 saturated heterocycles. The molecule has 0 aliphatic heterocycles. The van der Waals surface area contributed by atoms with Crippen molar-refractivity contribution in [1.29, 1.82) is 0 Å². The predicted molar refractivity (Wildman–Crippen MR) is 169 cm³/mol. The first-order valence-corrected chi connectivity index (χ1v) is 16.3. The zero-order valence-corrected chi connectivity index (χ0v) is 25.0. The van der Waals surface area contributed by atoms with Gasteiger partial charge in [-0.1, -0.05) is 52.4 Å². The summed E-state index contributed by atoms with van der Waals surface area (Å²) in [5, 5.41) is 0. The van der Waals surface area contributed by atoms with Crippen molar-refractivity contribution in [3.63, 3.8) is 0 Å². The van der Waals surface area contributed by atoms with Gasteiger partial charge in [-0.25, -0.2) is 0 Å². The quantitative estimate of drug-likeness (QED) is 0.130. The lowest BCUT2D eigenvalue weighted by Crippen LogP contribution is -1.88. The standard InChI is InChI=1S/C34H36N2O2S2/c1-3-5-7-9-11-25-19-33-29(37-25)21-31(39-33)23-13-15-35-27(17-23)28-18-24(14-16-36-28)32-22-30-34(40-32)20-26(38-30)12-10-8-6-4-2/h13-22H,3-12H2,1-2H3. The Labute approximate surface area is 244 Å². The van der Waals surface area contributed by atoms with E-state index in [1.807, 2.05) is 12.4 Å². The SMILES string of the molecule is CCCCCCc1cc2sc(-c3ccnc(-c4cc(-c5cc6oc(CCCCCC)cc6s5)ccn4)c3)cc2o1. The zero-order valence-electron chi connectivity index (χ0n) is 23.4. The van der Waals surface area contributed by atoms with E-state index in [-0.39, 0.29) is 0 Å². The molecule has 0 N–H and O–H groups in total. The molecule has 0 fully saturated rings. The van der Waals surface area contributed by atoms with Gasteiger partial charge in [0.1, 0.15) is 22.7 Å². The Kier molecular flexibility index (Phi) is 8.45. The van der Waals surface area contributed by atoms with Gasteiger partial charge in [0.2, 0.25) is 0 Å². The third-order valence-electron chi connectivity index (χ3n) is 7.42. The Morgan fingerprint density at radius 1 is 0.575 bits per heavy atom. The van der Waals surface area contributed by atoms with E-state index < -0.39 is 0 Å². The van der Waals surface area contributed by atoms with Gasteiger partial charge in [0, 0.05) is 47.1 Å². The van der Waals surface area contributed by atoms with Gasteiger partial charge in [-0.2, -0.15) is 0 Å². The maximum Gasteiger partial charge on any atom is 0.145 e. The van der Waals surface area contributed by atoms with Crippen molar-refractivity contribution < 1.29 is 8.83 Å². The largest absolute Gasteiger partial charge is 0.460 e. The maximum absolute atomic E-state index is 6.16. The summed E-state index contributed by atoms with van der Waals surface area (Å²) < 4.78 is 14.7. The fourth-order valence-corrected chi connectivity index (χ4v) is 7.28. The number of fused-ring (bicyclic) bond motifs is 2. The number of hydrogen-bond acceptors (Lipinski definition) is 6. The molecule has 6 rings (SSSR count). The van der Waals surface area contributed by atoms with E-state index >= 15 is 0 Å². The molecular formula is C34H36N2O2S2. The van der Waals surface area contributed by atoms with Crippen molar-refractivity contribution in [3.8, 4) is 32.3 Å². The summed E-state index contributed by atoms with van der Waals surface area (Å²) in [7, 11) is 0. The van der Waals surface area contributed by atoms with Crippen LogP contribution in [-0.4, -0.2) is 9.97 Å². The lowest BCUT2D eigenvalue weighted by Gasteiger charge is -2.05. The van der Waals surface area contributed by atoms with Crippen molar-refractivity contribution in [2.24, 2.45) is 0 Å². The van der Waals surface area contributed by atoms with Crippen LogP contribution in [0.2, 0.25) is 0 Å². The van der Waals surface area contributed by atoms with Crippen LogP contribution in [0.1, 0.15) is 76.7 Å². The second-order valence-corrected chi connectivity index (χ2v) is 12.8. The first-order valence-electron chi connectivity index (χ1n) is 14.7. The Bertz CT molecular complexity index is 1510. The van der Waals surface area contributed by atoms with Crippen LogP contribution >= 0.6 is 22.7 Å². The Hall–Kier alpha value is -3.22. The molecule has 206 valence electrons. The van der Waals surface area contributed by atoms with Crippen LogP contribution in [0.5, 0.6) is 0 Å². The Balaban J connectivity index is 1.18. The van der Waals surface area contributed by atoms with Crippen molar-refractivity contribution in [3.05, 3.63) is 72.4 Å². The molecule has 6 heteroatoms. The molecule has 0 bridgehead atoms. The maximum atomic E-state index is 6.16. The van der Waals surface area contributed by atoms with Gasteiger partial charge in [0.15, 0.2) is 0 Å². The van der Waals surface area contributed by atoms with Crippen LogP contribution in [0.4, 0.5) is 0 Å². The zero-order chi connectivity index (χ0) is 27.3. The van der Waals surface area contributed by atoms with E-state index in [1.165, 1.54) is 70.5 Å². The lowest BCUT2D eigenvalue weighted by atomic mass is 10.1. The second-order valence-electron chi connectivity index (χ2n) is 10.6. The number of nitrogens with zero attached hydrogens (tertiary/aromatic N) is 2. The summed E-state index contributed by atoms with van der Waals surface area (Å²) >= 11 is 3.56. The number of aromatic nitrogens is 2. The highest BCUT2D eigenvalue weighted by Crippen LogP contribution is 2.38. The highest BCUT2D eigenvalue weighted by Gasteiger charge is 2.14. The number of thiophene rings is 2. The molecule has 0 aliphatic rings. The smallest absolute Gasteiger partial charge is 0.145 e. The molecule has 6 aromatic rings. The molecule has 0 spiro atoms. The third kappa shape index (κ3) is 6.08. The van der Waals surface area contributed by atoms with E-state index in [9.17, 15) is 0 Å². The first kappa shape index (κ1) is 27.0. The van der Waals surface area contributed by atoms with E-state index in [2.05, 4.69) is 72.3 Å². The van der Waals surface area contributed by atoms with Crippen LogP contribution in [0, 0.1) is 0 Å². The minimum Gasteiger partial charge on any atom is -0.460 e. The number of aryl methyl sites for hydroxylation is 2. The van der Waals surface area contributed by atoms with Crippen LogP contribution in [0.25, 0.3) is 52.8 Å². The molecule has 0 amide bonds. The summed E-state index contributed by atoms with van der Waals surface area (Å²) in [4.78, 5) is 11.7. The Morgan fingerprint density at radius 2 is 1.05 bits per heavy atom. The van der Waals surface area contributed by atoms with Crippen molar-refractivity contribution in [1.82, 2.24) is 9.97 Å². The summed E-state index contributed by atoms with van der Waals surface area (Å²) in [6.45, 7) is 4.49. The van der Waals surface area contributed by atoms with Crippen LogP contribution < -0.4 is 0 Å². The normalized spacial score (nSPS) is 11.8. The highest BCUT2D eigenvalue weighted by molar-refractivity contribution is 7.22. The third-order valence-corrected chi connectivity index (χ3v) is 9.65. The lowest BCUT2D eigenvalue weighted by molar-refractivity contribution is 0.527. The number of furan rings is 2. The average Bonchev–Trinajstić information content (AvgIpc) is 3.74. The molecular weight excluding hydrogens is 533 g/mol. The molecule has 4 nitrogen and oxygen atoms in total. The van der Waals surface area contributed by atoms with E-state index in [4.69, 9.17) is 8.83 Å². The summed E-state index contributed by atoms with van der Waals surface area (Å²) in [6.07, 6.45) is 15.8. The molecule has 0 radical (unpaired) electrons. The Morgan fingerprint density at radius 3 is 1.48 bits per heavy atom. The van der Waals surface area contributed by atoms with Crippen LogP contribution in [-0.2, 0) is 12.8 Å². The van der Waals surface area contributed by atoms with E-state index in [1.54, 1.807) is 22.7 Å². The number of rotatable bonds is 13. The molecule has 40 heavy (non-hydrogen) atoms. The topological polar surface area (TPSA) is 52.1 Å². The van der Waals surface area contributed by atoms with Gasteiger partial charge < -0.3 is 8.83 Å². The van der Waals surface area contributed by atoms with Gasteiger partial charge in [-0.3, -0.25) is 9.97 Å². The second kappa shape index (κ2) is 12.5. The van der Waals surface area contributed by atoms with E-state index in [0.29, 0.717) is 0 Å². The fraction of sp³-hybridized carbons (Fsp3) is 0.353. The van der Waals surface area contributed by atoms with E-state index in [0.717, 1.165) is 58.0 Å². The highest BCUT2D eigenvalue weighted by atomic mass is 32.1. The first-order chi connectivity index (χ1) is 19.7. The molecule has 0 aromatic carbocycles. The molecule has 0 aliphatic carbocycles. The predicted octanol–water partition coefficient (Wildman–Crippen LogP) is 11.3. The molecule has 0 atom stereocenters. The minimum atomic E-state index is 0.871. The summed E-state index contributed by atoms with van der Waals surface area (Å²) in [5.41, 5.74) is 5.98. The molecule has 0 unspecified atom stereocenters. The van der Waals surface area contributed by atoms with Crippen molar-refractivity contribution in [2.75, 3.05) is 0 Å². The van der Waals surface area contributed by atoms with Gasteiger partial charge >= 0.3 is 0 Å². The van der Waals surface area contributed by atoms with Crippen LogP contribution in [0.3, 0.4) is 0 Å². The van der Waals surface area contributed by atoms with Crippen LogP contribution in [0.15, 0.2) is 69.8 Å². The molecule has 6 aromatic heterocycles. The average molecular weight is 569 g/mol. The number of pyridine rings is 2. The number of hydrogen-bond donors (Lipinski definition) is 0. The molecule has 6 heterocycles. The van der Waals surface area contributed by atoms with Gasteiger partial charge in [-0.15, -0.1) is 22.7 Å². The van der Waals surface area contributed by atoms with Gasteiger partial charge in [0.25, 0.3) is 0 Å². The van der Waals surface area contributed by atoms with Crippen molar-refractivity contribution >= 4 is 43.2 Å². The van der Waals surface area contributed by atoms with Gasteiger partial charge in [-0.05, 0) is 60.4 Å². The summed E-state index contributed by atoms with van der Waals surface area (Å²) in [6, 6.07) is 17.2. The fourth-order valence-electron chi connectivity index (χ4n) is 5.20.